The molecule has 0 saturated heterocycles. The number of ketones is 1. The van der Waals surface area contributed by atoms with Crippen molar-refractivity contribution in [3.63, 3.8) is 0 Å². The van der Waals surface area contributed by atoms with Crippen LogP contribution in [-0.4, -0.2) is 20.2 Å². The van der Waals surface area contributed by atoms with Gasteiger partial charge >= 0.3 is 0 Å². The summed E-state index contributed by atoms with van der Waals surface area (Å²) in [5, 5.41) is 0.263. The van der Waals surface area contributed by atoms with E-state index in [1.54, 1.807) is 0 Å². The predicted molar refractivity (Wildman–Crippen MR) is 81.8 cm³/mol. The number of fused-ring (bicyclic) bond motifs is 1. The van der Waals surface area contributed by atoms with Crippen molar-refractivity contribution in [3.05, 3.63) is 0 Å². The van der Waals surface area contributed by atoms with E-state index in [4.69, 9.17) is 4.43 Å². The molecule has 2 nitrogen and oxygen atoms in total. The summed E-state index contributed by atoms with van der Waals surface area (Å²) in [7, 11) is -1.70. The Balaban J connectivity index is 2.09. The molecule has 110 valence electrons. The maximum atomic E-state index is 12.1. The molecule has 0 amide bonds. The monoisotopic (exact) mass is 282 g/mol. The van der Waals surface area contributed by atoms with Crippen molar-refractivity contribution in [2.75, 3.05) is 0 Å². The van der Waals surface area contributed by atoms with Gasteiger partial charge in [0.2, 0.25) is 0 Å². The standard InChI is InChI=1S/C16H30O2Si/c1-16(2,3)19(4,5)18-15-11-7-8-12-13(15)9-6-10-14(12)17/h12-13,15H,6-11H2,1-5H3. The van der Waals surface area contributed by atoms with Gasteiger partial charge < -0.3 is 4.43 Å². The third-order valence-corrected chi connectivity index (χ3v) is 10.1. The fourth-order valence-corrected chi connectivity index (χ4v) is 4.82. The molecule has 0 bridgehead atoms. The topological polar surface area (TPSA) is 26.3 Å². The quantitative estimate of drug-likeness (QED) is 0.695. The van der Waals surface area contributed by atoms with E-state index in [9.17, 15) is 4.79 Å². The summed E-state index contributed by atoms with van der Waals surface area (Å²) >= 11 is 0. The van der Waals surface area contributed by atoms with Gasteiger partial charge in [-0.05, 0) is 49.7 Å². The molecule has 2 aliphatic rings. The molecule has 3 atom stereocenters. The van der Waals surface area contributed by atoms with Crippen molar-refractivity contribution < 1.29 is 9.22 Å². The minimum absolute atomic E-state index is 0.263. The second kappa shape index (κ2) is 5.32. The molecule has 19 heavy (non-hydrogen) atoms. The lowest BCUT2D eigenvalue weighted by Crippen LogP contribution is -2.49. The van der Waals surface area contributed by atoms with Crippen LogP contribution in [0.15, 0.2) is 0 Å². The van der Waals surface area contributed by atoms with Gasteiger partial charge in [-0.3, -0.25) is 4.79 Å². The lowest BCUT2D eigenvalue weighted by atomic mass is 9.69. The largest absolute Gasteiger partial charge is 0.414 e. The Morgan fingerprint density at radius 3 is 2.42 bits per heavy atom. The molecule has 3 heteroatoms. The summed E-state index contributed by atoms with van der Waals surface area (Å²) in [6.45, 7) is 11.6. The summed E-state index contributed by atoms with van der Waals surface area (Å²) in [6.07, 6.45) is 6.90. The lowest BCUT2D eigenvalue weighted by molar-refractivity contribution is -0.131. The highest BCUT2D eigenvalue weighted by molar-refractivity contribution is 6.74. The molecule has 2 fully saturated rings. The van der Waals surface area contributed by atoms with E-state index in [1.165, 1.54) is 19.3 Å². The van der Waals surface area contributed by atoms with E-state index in [0.29, 0.717) is 23.7 Å². The lowest BCUT2D eigenvalue weighted by Gasteiger charge is -2.46. The van der Waals surface area contributed by atoms with Crippen LogP contribution in [0.1, 0.15) is 59.3 Å². The second-order valence-corrected chi connectivity index (χ2v) is 12.7. The Morgan fingerprint density at radius 2 is 1.79 bits per heavy atom. The van der Waals surface area contributed by atoms with Crippen LogP contribution in [0.3, 0.4) is 0 Å². The van der Waals surface area contributed by atoms with Crippen LogP contribution in [0.5, 0.6) is 0 Å². The van der Waals surface area contributed by atoms with E-state index < -0.39 is 8.32 Å². The molecule has 2 saturated carbocycles. The molecule has 0 aliphatic heterocycles. The Kier molecular flexibility index (Phi) is 4.27. The van der Waals surface area contributed by atoms with E-state index >= 15 is 0 Å². The summed E-state index contributed by atoms with van der Waals surface area (Å²) in [5.41, 5.74) is 0. The molecule has 2 aliphatic carbocycles. The van der Waals surface area contributed by atoms with Crippen LogP contribution in [0.2, 0.25) is 18.1 Å². The van der Waals surface area contributed by atoms with E-state index in [-0.39, 0.29) is 5.04 Å². The molecule has 0 spiro atoms. The fourth-order valence-electron chi connectivity index (χ4n) is 3.41. The van der Waals surface area contributed by atoms with E-state index in [1.807, 2.05) is 0 Å². The van der Waals surface area contributed by atoms with Gasteiger partial charge in [0.05, 0.1) is 0 Å². The van der Waals surface area contributed by atoms with Crippen molar-refractivity contribution in [2.45, 2.75) is 83.5 Å². The number of hydrogen-bond acceptors (Lipinski definition) is 2. The number of carbonyl (C=O) groups is 1. The number of rotatable bonds is 2. The first-order valence-electron chi connectivity index (χ1n) is 7.93. The van der Waals surface area contributed by atoms with Crippen molar-refractivity contribution >= 4 is 14.1 Å². The first-order valence-corrected chi connectivity index (χ1v) is 10.8. The highest BCUT2D eigenvalue weighted by Crippen LogP contribution is 2.44. The Hall–Kier alpha value is -0.153. The summed E-state index contributed by atoms with van der Waals surface area (Å²) in [4.78, 5) is 12.1. The zero-order valence-corrected chi connectivity index (χ0v) is 14.3. The minimum atomic E-state index is -1.70. The molecule has 0 heterocycles. The zero-order valence-electron chi connectivity index (χ0n) is 13.3. The Labute approximate surface area is 119 Å². The van der Waals surface area contributed by atoms with E-state index in [2.05, 4.69) is 33.9 Å². The minimum Gasteiger partial charge on any atom is -0.414 e. The number of hydrogen-bond donors (Lipinski definition) is 0. The van der Waals surface area contributed by atoms with Gasteiger partial charge in [0.15, 0.2) is 8.32 Å². The summed E-state index contributed by atoms with van der Waals surface area (Å²) in [5.74, 6) is 1.35. The van der Waals surface area contributed by atoms with Crippen LogP contribution < -0.4 is 0 Å². The second-order valence-electron chi connectivity index (χ2n) is 7.98. The van der Waals surface area contributed by atoms with Crippen LogP contribution in [-0.2, 0) is 9.22 Å². The summed E-state index contributed by atoms with van der Waals surface area (Å²) in [6, 6.07) is 0. The van der Waals surface area contributed by atoms with Crippen molar-refractivity contribution in [1.82, 2.24) is 0 Å². The maximum Gasteiger partial charge on any atom is 0.192 e. The Morgan fingerprint density at radius 1 is 1.11 bits per heavy atom. The van der Waals surface area contributed by atoms with Gasteiger partial charge in [0.1, 0.15) is 5.78 Å². The molecule has 0 aromatic heterocycles. The maximum absolute atomic E-state index is 12.1. The molecule has 0 aromatic rings. The van der Waals surface area contributed by atoms with E-state index in [0.717, 1.165) is 19.3 Å². The molecule has 3 unspecified atom stereocenters. The third kappa shape index (κ3) is 3.13. The highest BCUT2D eigenvalue weighted by Gasteiger charge is 2.45. The predicted octanol–water partition coefficient (Wildman–Crippen LogP) is 4.55. The van der Waals surface area contributed by atoms with Crippen LogP contribution >= 0.6 is 0 Å². The van der Waals surface area contributed by atoms with Gasteiger partial charge in [-0.15, -0.1) is 0 Å². The van der Waals surface area contributed by atoms with Gasteiger partial charge in [-0.25, -0.2) is 0 Å². The average Bonchev–Trinajstić information content (AvgIpc) is 2.28. The third-order valence-electron chi connectivity index (χ3n) is 5.62. The molecular weight excluding hydrogens is 252 g/mol. The smallest absolute Gasteiger partial charge is 0.192 e. The Bertz CT molecular complexity index is 343. The van der Waals surface area contributed by atoms with Gasteiger partial charge in [-0.2, -0.15) is 0 Å². The number of carbonyl (C=O) groups excluding carboxylic acids is 1. The number of Topliss-reactive ketones (excluding diaryl/α,β-unsaturated/α-hetero) is 1. The molecule has 0 aromatic carbocycles. The molecule has 0 radical (unpaired) electrons. The normalized spacial score (nSPS) is 33.1. The van der Waals surface area contributed by atoms with Crippen molar-refractivity contribution in [3.8, 4) is 0 Å². The highest BCUT2D eigenvalue weighted by atomic mass is 28.4. The van der Waals surface area contributed by atoms with Gasteiger partial charge in [0.25, 0.3) is 0 Å². The first kappa shape index (κ1) is 15.2. The van der Waals surface area contributed by atoms with Crippen LogP contribution in [0.25, 0.3) is 0 Å². The zero-order chi connectivity index (χ0) is 14.3. The average molecular weight is 282 g/mol. The van der Waals surface area contributed by atoms with Crippen molar-refractivity contribution in [2.24, 2.45) is 11.8 Å². The van der Waals surface area contributed by atoms with Gasteiger partial charge in [-0.1, -0.05) is 27.2 Å². The summed E-state index contributed by atoms with van der Waals surface area (Å²) < 4.78 is 6.65. The fraction of sp³-hybridized carbons (Fsp3) is 0.938. The van der Waals surface area contributed by atoms with Crippen LogP contribution in [0, 0.1) is 11.8 Å². The van der Waals surface area contributed by atoms with Crippen LogP contribution in [0.4, 0.5) is 0 Å². The first-order chi connectivity index (χ1) is 8.72. The molecule has 2 rings (SSSR count). The SMILES string of the molecule is CC(C)(C)[Si](C)(C)OC1CCCC2C(=O)CCCC12. The molecular formula is C16H30O2Si. The van der Waals surface area contributed by atoms with Crippen molar-refractivity contribution in [1.29, 1.82) is 0 Å². The molecule has 0 N–H and O–H groups in total. The van der Waals surface area contributed by atoms with Gasteiger partial charge in [0, 0.05) is 18.4 Å².